The number of piperidine rings is 1. The van der Waals surface area contributed by atoms with Gasteiger partial charge < -0.3 is 19.7 Å². The molecule has 2 aromatic heterocycles. The van der Waals surface area contributed by atoms with Crippen LogP contribution in [0, 0.1) is 0 Å². The van der Waals surface area contributed by atoms with E-state index in [1.54, 1.807) is 18.6 Å². The maximum absolute atomic E-state index is 5.77. The first-order chi connectivity index (χ1) is 11.8. The van der Waals surface area contributed by atoms with Gasteiger partial charge in [0.2, 0.25) is 5.95 Å². The molecule has 7 nitrogen and oxygen atoms in total. The second-order valence-electron chi connectivity index (χ2n) is 6.05. The van der Waals surface area contributed by atoms with E-state index in [4.69, 9.17) is 9.47 Å². The topological polar surface area (TPSA) is 72.4 Å². The van der Waals surface area contributed by atoms with Crippen molar-refractivity contribution in [3.63, 3.8) is 0 Å². The Morgan fingerprint density at radius 2 is 1.79 bits per heavy atom. The van der Waals surface area contributed by atoms with Crippen LogP contribution in [-0.4, -0.2) is 47.0 Å². The predicted octanol–water partition coefficient (Wildman–Crippen LogP) is 1.83. The molecule has 0 saturated carbocycles. The van der Waals surface area contributed by atoms with Gasteiger partial charge in [0.15, 0.2) is 5.79 Å². The van der Waals surface area contributed by atoms with Gasteiger partial charge in [0.1, 0.15) is 5.82 Å². The van der Waals surface area contributed by atoms with Crippen LogP contribution in [0.15, 0.2) is 36.8 Å². The summed E-state index contributed by atoms with van der Waals surface area (Å²) in [4.78, 5) is 15.3. The number of nitrogens with one attached hydrogen (secondary N) is 1. The molecule has 1 spiro atoms. The molecule has 4 rings (SSSR count). The lowest BCUT2D eigenvalue weighted by Crippen LogP contribution is -2.45. The van der Waals surface area contributed by atoms with Crippen LogP contribution in [0.5, 0.6) is 0 Å². The molecule has 1 N–H and O–H groups in total. The molecule has 0 unspecified atom stereocenters. The fourth-order valence-corrected chi connectivity index (χ4v) is 3.13. The zero-order valence-corrected chi connectivity index (χ0v) is 13.5. The number of hydrogen-bond acceptors (Lipinski definition) is 7. The summed E-state index contributed by atoms with van der Waals surface area (Å²) < 4.78 is 11.5. The van der Waals surface area contributed by atoms with Crippen molar-refractivity contribution in [2.24, 2.45) is 0 Å². The third-order valence-electron chi connectivity index (χ3n) is 4.49. The van der Waals surface area contributed by atoms with Crippen molar-refractivity contribution in [2.45, 2.75) is 25.2 Å². The van der Waals surface area contributed by atoms with E-state index in [1.807, 2.05) is 18.2 Å². The highest BCUT2D eigenvalue weighted by Crippen LogP contribution is 2.32. The van der Waals surface area contributed by atoms with E-state index < -0.39 is 0 Å². The van der Waals surface area contributed by atoms with E-state index in [1.165, 1.54) is 5.56 Å². The van der Waals surface area contributed by atoms with Crippen molar-refractivity contribution in [1.82, 2.24) is 15.0 Å². The van der Waals surface area contributed by atoms with Gasteiger partial charge in [0.05, 0.1) is 13.2 Å². The minimum Gasteiger partial charge on any atom is -0.366 e. The number of hydrogen-bond donors (Lipinski definition) is 1. The molecule has 7 heteroatoms. The van der Waals surface area contributed by atoms with Crippen molar-refractivity contribution >= 4 is 11.8 Å². The van der Waals surface area contributed by atoms with E-state index in [9.17, 15) is 0 Å². The van der Waals surface area contributed by atoms with E-state index in [2.05, 4.69) is 25.2 Å². The monoisotopic (exact) mass is 327 g/mol. The first-order valence-corrected chi connectivity index (χ1v) is 8.32. The minimum atomic E-state index is -0.367. The van der Waals surface area contributed by atoms with Gasteiger partial charge in [-0.3, -0.25) is 4.98 Å². The number of nitrogens with zero attached hydrogens (tertiary/aromatic N) is 4. The van der Waals surface area contributed by atoms with Crippen LogP contribution in [0.2, 0.25) is 0 Å². The van der Waals surface area contributed by atoms with Gasteiger partial charge in [-0.05, 0) is 23.8 Å². The summed E-state index contributed by atoms with van der Waals surface area (Å²) in [5.41, 5.74) is 1.17. The van der Waals surface area contributed by atoms with E-state index >= 15 is 0 Å². The van der Waals surface area contributed by atoms with Crippen LogP contribution in [0.4, 0.5) is 11.8 Å². The maximum atomic E-state index is 5.77. The lowest BCUT2D eigenvalue weighted by Gasteiger charge is -2.37. The van der Waals surface area contributed by atoms with Crippen LogP contribution >= 0.6 is 0 Å². The van der Waals surface area contributed by atoms with Crippen molar-refractivity contribution in [3.05, 3.63) is 42.4 Å². The largest absolute Gasteiger partial charge is 0.366 e. The van der Waals surface area contributed by atoms with Gasteiger partial charge in [0, 0.05) is 51.1 Å². The SMILES string of the molecule is c1cc(CNc2ccnc(N3CCC4(CC3)OCCO4)n2)ccn1. The normalized spacial score (nSPS) is 19.6. The van der Waals surface area contributed by atoms with Crippen molar-refractivity contribution < 1.29 is 9.47 Å². The van der Waals surface area contributed by atoms with Gasteiger partial charge in [-0.25, -0.2) is 4.98 Å². The highest BCUT2D eigenvalue weighted by Gasteiger charge is 2.40. The second kappa shape index (κ2) is 6.70. The lowest BCUT2D eigenvalue weighted by molar-refractivity contribution is -0.169. The van der Waals surface area contributed by atoms with Crippen LogP contribution in [-0.2, 0) is 16.0 Å². The molecule has 2 aromatic rings. The molecule has 0 aromatic carbocycles. The average molecular weight is 327 g/mol. The number of ether oxygens (including phenoxy) is 2. The summed E-state index contributed by atoms with van der Waals surface area (Å²) in [6.07, 6.45) is 7.08. The summed E-state index contributed by atoms with van der Waals surface area (Å²) >= 11 is 0. The Morgan fingerprint density at radius 1 is 1.04 bits per heavy atom. The van der Waals surface area contributed by atoms with Crippen molar-refractivity contribution in [3.8, 4) is 0 Å². The third kappa shape index (κ3) is 3.32. The number of aromatic nitrogens is 3. The molecule has 0 bridgehead atoms. The molecule has 2 aliphatic rings. The molecular weight excluding hydrogens is 306 g/mol. The van der Waals surface area contributed by atoms with Crippen LogP contribution in [0.25, 0.3) is 0 Å². The van der Waals surface area contributed by atoms with Gasteiger partial charge in [-0.15, -0.1) is 0 Å². The number of pyridine rings is 1. The molecular formula is C17H21N5O2. The van der Waals surface area contributed by atoms with Gasteiger partial charge >= 0.3 is 0 Å². The van der Waals surface area contributed by atoms with E-state index in [-0.39, 0.29) is 5.79 Å². The summed E-state index contributed by atoms with van der Waals surface area (Å²) in [5.74, 6) is 1.21. The van der Waals surface area contributed by atoms with Crippen LogP contribution in [0.3, 0.4) is 0 Å². The Labute approximate surface area is 141 Å². The molecule has 0 atom stereocenters. The molecule has 2 saturated heterocycles. The summed E-state index contributed by atoms with van der Waals surface area (Å²) in [7, 11) is 0. The average Bonchev–Trinajstić information content (AvgIpc) is 3.10. The smallest absolute Gasteiger partial charge is 0.227 e. The molecule has 0 aliphatic carbocycles. The maximum Gasteiger partial charge on any atom is 0.227 e. The quantitative estimate of drug-likeness (QED) is 0.918. The fraction of sp³-hybridized carbons (Fsp3) is 0.471. The Hall–Kier alpha value is -2.25. The molecule has 2 fully saturated rings. The molecule has 24 heavy (non-hydrogen) atoms. The van der Waals surface area contributed by atoms with Crippen molar-refractivity contribution in [2.75, 3.05) is 36.5 Å². The first-order valence-electron chi connectivity index (χ1n) is 8.32. The van der Waals surface area contributed by atoms with Crippen molar-refractivity contribution in [1.29, 1.82) is 0 Å². The number of rotatable bonds is 4. The van der Waals surface area contributed by atoms with Crippen LogP contribution in [0.1, 0.15) is 18.4 Å². The molecule has 126 valence electrons. The fourth-order valence-electron chi connectivity index (χ4n) is 3.13. The molecule has 4 heterocycles. The van der Waals surface area contributed by atoms with Gasteiger partial charge in [-0.1, -0.05) is 0 Å². The standard InChI is InChI=1S/C17H21N5O2/c1-6-18-7-2-14(1)13-20-15-3-8-19-16(21-15)22-9-4-17(5-10-22)23-11-12-24-17/h1-3,6-8H,4-5,9-13H2,(H,19,20,21). The summed E-state index contributed by atoms with van der Waals surface area (Å²) in [6.45, 7) is 3.79. The van der Waals surface area contributed by atoms with E-state index in [0.717, 1.165) is 37.7 Å². The molecule has 0 radical (unpaired) electrons. The Kier molecular flexibility index (Phi) is 4.27. The molecule has 0 amide bonds. The van der Waals surface area contributed by atoms with Gasteiger partial charge in [-0.2, -0.15) is 4.98 Å². The zero-order chi connectivity index (χ0) is 16.2. The minimum absolute atomic E-state index is 0.367. The first kappa shape index (κ1) is 15.3. The van der Waals surface area contributed by atoms with Gasteiger partial charge in [0.25, 0.3) is 0 Å². The third-order valence-corrected chi connectivity index (χ3v) is 4.49. The predicted molar refractivity (Wildman–Crippen MR) is 89.7 cm³/mol. The second-order valence-corrected chi connectivity index (χ2v) is 6.05. The van der Waals surface area contributed by atoms with Crippen LogP contribution < -0.4 is 10.2 Å². The Bertz CT molecular complexity index is 666. The summed E-state index contributed by atoms with van der Waals surface area (Å²) in [5, 5.41) is 3.33. The Morgan fingerprint density at radius 3 is 2.54 bits per heavy atom. The summed E-state index contributed by atoms with van der Waals surface area (Å²) in [6, 6.07) is 5.86. The number of anilines is 2. The zero-order valence-electron chi connectivity index (χ0n) is 13.5. The molecule has 2 aliphatic heterocycles. The Balaban J connectivity index is 1.38. The lowest BCUT2D eigenvalue weighted by atomic mass is 10.0. The van der Waals surface area contributed by atoms with E-state index in [0.29, 0.717) is 19.8 Å². The highest BCUT2D eigenvalue weighted by atomic mass is 16.7. The highest BCUT2D eigenvalue weighted by molar-refractivity contribution is 5.42.